The molecule has 1 aromatic heterocycles. The number of imidazole rings is 1. The lowest BCUT2D eigenvalue weighted by Gasteiger charge is -2.39. The van der Waals surface area contributed by atoms with Gasteiger partial charge in [0.25, 0.3) is 0 Å². The van der Waals surface area contributed by atoms with Crippen LogP contribution in [0.1, 0.15) is 39.0 Å². The van der Waals surface area contributed by atoms with Gasteiger partial charge < -0.3 is 9.47 Å². The molecular formula is C19H24N4OS. The predicted molar refractivity (Wildman–Crippen MR) is 100 cm³/mol. The summed E-state index contributed by atoms with van der Waals surface area (Å²) in [6.45, 7) is 2.90. The molecule has 1 heterocycles. The number of thioether (sulfide) groups is 1. The number of nitriles is 1. The molecule has 1 aliphatic carbocycles. The van der Waals surface area contributed by atoms with Crippen LogP contribution >= 0.6 is 11.8 Å². The van der Waals surface area contributed by atoms with Crippen LogP contribution in [0.15, 0.2) is 29.4 Å². The van der Waals surface area contributed by atoms with Crippen LogP contribution in [0, 0.1) is 11.3 Å². The summed E-state index contributed by atoms with van der Waals surface area (Å²) in [5.41, 5.74) is 1.42. The maximum atomic E-state index is 12.7. The van der Waals surface area contributed by atoms with Crippen molar-refractivity contribution >= 4 is 28.7 Å². The largest absolute Gasteiger partial charge is 0.326 e. The number of hydrogen-bond acceptors (Lipinski definition) is 4. The topological polar surface area (TPSA) is 61.9 Å². The Hall–Kier alpha value is -2.00. The van der Waals surface area contributed by atoms with Gasteiger partial charge in [0.1, 0.15) is 5.54 Å². The number of nitrogens with zero attached hydrogens (tertiary/aromatic N) is 4. The maximum absolute atomic E-state index is 12.7. The number of fused-ring (bicyclic) bond motifs is 1. The van der Waals surface area contributed by atoms with Gasteiger partial charge >= 0.3 is 0 Å². The summed E-state index contributed by atoms with van der Waals surface area (Å²) >= 11 is 1.46. The molecule has 132 valence electrons. The molecular weight excluding hydrogens is 332 g/mol. The van der Waals surface area contributed by atoms with E-state index in [2.05, 4.69) is 28.6 Å². The van der Waals surface area contributed by atoms with Crippen molar-refractivity contribution in [2.24, 2.45) is 0 Å². The molecule has 0 bridgehead atoms. The zero-order valence-electron chi connectivity index (χ0n) is 14.9. The van der Waals surface area contributed by atoms with Gasteiger partial charge in [0.05, 0.1) is 22.9 Å². The number of carbonyl (C=O) groups is 1. The van der Waals surface area contributed by atoms with E-state index in [1.807, 2.05) is 18.2 Å². The SMILES string of the molecule is CCn1c(SCC(=O)N(C)C2(C#N)CCCCC2)nc2ccccc21. The Morgan fingerprint density at radius 3 is 2.76 bits per heavy atom. The summed E-state index contributed by atoms with van der Waals surface area (Å²) in [4.78, 5) is 19.0. The minimum Gasteiger partial charge on any atom is -0.326 e. The molecule has 6 heteroatoms. The fraction of sp³-hybridized carbons (Fsp3) is 0.526. The highest BCUT2D eigenvalue weighted by Crippen LogP contribution is 2.33. The van der Waals surface area contributed by atoms with Crippen LogP contribution in [0.5, 0.6) is 0 Å². The average molecular weight is 356 g/mol. The number of hydrogen-bond donors (Lipinski definition) is 0. The number of para-hydroxylation sites is 2. The normalized spacial score (nSPS) is 16.5. The van der Waals surface area contributed by atoms with Crippen molar-refractivity contribution < 1.29 is 4.79 Å². The van der Waals surface area contributed by atoms with E-state index in [-0.39, 0.29) is 5.91 Å². The minimum absolute atomic E-state index is 0.00293. The quantitative estimate of drug-likeness (QED) is 0.764. The van der Waals surface area contributed by atoms with Crippen LogP contribution in [-0.4, -0.2) is 38.7 Å². The molecule has 0 N–H and O–H groups in total. The second-order valence-corrected chi connectivity index (χ2v) is 7.52. The van der Waals surface area contributed by atoms with Crippen molar-refractivity contribution in [1.29, 1.82) is 5.26 Å². The van der Waals surface area contributed by atoms with Crippen LogP contribution in [0.2, 0.25) is 0 Å². The van der Waals surface area contributed by atoms with Gasteiger partial charge in [-0.05, 0) is 31.9 Å². The third-order valence-electron chi connectivity index (χ3n) is 5.17. The average Bonchev–Trinajstić information content (AvgIpc) is 3.03. The van der Waals surface area contributed by atoms with Crippen molar-refractivity contribution in [3.63, 3.8) is 0 Å². The van der Waals surface area contributed by atoms with Crippen molar-refractivity contribution in [2.45, 2.75) is 56.3 Å². The van der Waals surface area contributed by atoms with Crippen molar-refractivity contribution in [3.05, 3.63) is 24.3 Å². The molecule has 25 heavy (non-hydrogen) atoms. The van der Waals surface area contributed by atoms with Crippen LogP contribution < -0.4 is 0 Å². The fourth-order valence-electron chi connectivity index (χ4n) is 3.59. The van der Waals surface area contributed by atoms with Gasteiger partial charge in [0.15, 0.2) is 5.16 Å². The lowest BCUT2D eigenvalue weighted by Crippen LogP contribution is -2.50. The molecule has 1 amide bonds. The molecule has 0 radical (unpaired) electrons. The summed E-state index contributed by atoms with van der Waals surface area (Å²) < 4.78 is 2.13. The number of benzene rings is 1. The minimum atomic E-state index is -0.624. The van der Waals surface area contributed by atoms with Crippen LogP contribution in [-0.2, 0) is 11.3 Å². The number of aromatic nitrogens is 2. The van der Waals surface area contributed by atoms with E-state index in [0.29, 0.717) is 5.75 Å². The third kappa shape index (κ3) is 3.38. The Kier molecular flexibility index (Phi) is 5.33. The summed E-state index contributed by atoms with van der Waals surface area (Å²) in [5, 5.41) is 10.5. The lowest BCUT2D eigenvalue weighted by molar-refractivity contribution is -0.131. The number of amides is 1. The molecule has 0 aliphatic heterocycles. The lowest BCUT2D eigenvalue weighted by atomic mass is 9.81. The summed E-state index contributed by atoms with van der Waals surface area (Å²) in [6.07, 6.45) is 4.75. The van der Waals surface area contributed by atoms with Gasteiger partial charge in [0, 0.05) is 13.6 Å². The Labute approximate surface area is 153 Å². The molecule has 0 spiro atoms. The Morgan fingerprint density at radius 1 is 1.36 bits per heavy atom. The molecule has 1 aromatic carbocycles. The summed E-state index contributed by atoms with van der Waals surface area (Å²) in [7, 11) is 1.78. The van der Waals surface area contributed by atoms with Gasteiger partial charge in [0.2, 0.25) is 5.91 Å². The molecule has 0 saturated heterocycles. The third-order valence-corrected chi connectivity index (χ3v) is 6.13. The van der Waals surface area contributed by atoms with Crippen LogP contribution in [0.3, 0.4) is 0 Å². The molecule has 0 unspecified atom stereocenters. The molecule has 3 rings (SSSR count). The van der Waals surface area contributed by atoms with E-state index in [1.165, 1.54) is 11.8 Å². The van der Waals surface area contributed by atoms with Gasteiger partial charge in [-0.2, -0.15) is 5.26 Å². The van der Waals surface area contributed by atoms with Gasteiger partial charge in [-0.25, -0.2) is 4.98 Å². The highest BCUT2D eigenvalue weighted by molar-refractivity contribution is 7.99. The molecule has 1 fully saturated rings. The predicted octanol–water partition coefficient (Wildman–Crippen LogP) is 3.83. The smallest absolute Gasteiger partial charge is 0.234 e. The zero-order chi connectivity index (χ0) is 17.9. The Balaban J connectivity index is 1.73. The summed E-state index contributed by atoms with van der Waals surface area (Å²) in [6, 6.07) is 10.4. The van der Waals surface area contributed by atoms with E-state index in [0.717, 1.165) is 54.8 Å². The highest BCUT2D eigenvalue weighted by atomic mass is 32.2. The van der Waals surface area contributed by atoms with Crippen LogP contribution in [0.25, 0.3) is 11.0 Å². The van der Waals surface area contributed by atoms with Crippen molar-refractivity contribution in [1.82, 2.24) is 14.5 Å². The number of rotatable bonds is 5. The first-order valence-electron chi connectivity index (χ1n) is 8.87. The second kappa shape index (κ2) is 7.49. The molecule has 0 atom stereocenters. The molecule has 1 aliphatic rings. The van der Waals surface area contributed by atoms with E-state index >= 15 is 0 Å². The van der Waals surface area contributed by atoms with E-state index in [9.17, 15) is 10.1 Å². The van der Waals surface area contributed by atoms with Crippen molar-refractivity contribution in [2.75, 3.05) is 12.8 Å². The first kappa shape index (κ1) is 17.8. The summed E-state index contributed by atoms with van der Waals surface area (Å²) in [5.74, 6) is 0.312. The van der Waals surface area contributed by atoms with Gasteiger partial charge in [-0.15, -0.1) is 0 Å². The zero-order valence-corrected chi connectivity index (χ0v) is 15.7. The molecule has 5 nitrogen and oxygen atoms in total. The Morgan fingerprint density at radius 2 is 2.08 bits per heavy atom. The van der Waals surface area contributed by atoms with E-state index in [4.69, 9.17) is 0 Å². The Bertz CT molecular complexity index is 801. The number of aryl methyl sites for hydroxylation is 1. The highest BCUT2D eigenvalue weighted by Gasteiger charge is 2.38. The molecule has 2 aromatic rings. The second-order valence-electron chi connectivity index (χ2n) is 6.57. The van der Waals surface area contributed by atoms with E-state index < -0.39 is 5.54 Å². The number of carbonyl (C=O) groups excluding carboxylic acids is 1. The monoisotopic (exact) mass is 356 g/mol. The van der Waals surface area contributed by atoms with Gasteiger partial charge in [-0.3, -0.25) is 4.79 Å². The van der Waals surface area contributed by atoms with Crippen LogP contribution in [0.4, 0.5) is 0 Å². The van der Waals surface area contributed by atoms with Crippen molar-refractivity contribution in [3.8, 4) is 6.07 Å². The first-order chi connectivity index (χ1) is 12.1. The maximum Gasteiger partial charge on any atom is 0.234 e. The molecule has 1 saturated carbocycles. The standard InChI is InChI=1S/C19H24N4OS/c1-3-23-16-10-6-5-9-15(16)21-18(23)25-13-17(24)22(2)19(14-20)11-7-4-8-12-19/h5-6,9-10H,3-4,7-8,11-13H2,1-2H3. The van der Waals surface area contributed by atoms with E-state index in [1.54, 1.807) is 11.9 Å². The first-order valence-corrected chi connectivity index (χ1v) is 9.86. The fourth-order valence-corrected chi connectivity index (χ4v) is 4.58. The van der Waals surface area contributed by atoms with Gasteiger partial charge in [-0.1, -0.05) is 43.2 Å².